The van der Waals surface area contributed by atoms with Crippen LogP contribution in [0.5, 0.6) is 0 Å². The van der Waals surface area contributed by atoms with Crippen LogP contribution in [0.25, 0.3) is 0 Å². The molecule has 0 aromatic heterocycles. The summed E-state index contributed by atoms with van der Waals surface area (Å²) in [6.07, 6.45) is 3.49. The molecule has 2 fully saturated rings. The lowest BCUT2D eigenvalue weighted by Crippen LogP contribution is -2.55. The van der Waals surface area contributed by atoms with Gasteiger partial charge in [0.15, 0.2) is 6.19 Å². The van der Waals surface area contributed by atoms with Gasteiger partial charge in [-0.05, 0) is 19.5 Å². The van der Waals surface area contributed by atoms with Crippen molar-refractivity contribution in [3.8, 4) is 6.19 Å². The van der Waals surface area contributed by atoms with Crippen molar-refractivity contribution in [2.75, 3.05) is 32.7 Å². The van der Waals surface area contributed by atoms with E-state index in [0.29, 0.717) is 5.41 Å². The van der Waals surface area contributed by atoms with E-state index in [1.54, 1.807) is 0 Å². The lowest BCUT2D eigenvalue weighted by atomic mass is 9.79. The number of nitriles is 1. The van der Waals surface area contributed by atoms with Crippen molar-refractivity contribution in [3.63, 3.8) is 0 Å². The first kappa shape index (κ1) is 11.3. The molecule has 0 aliphatic carbocycles. The van der Waals surface area contributed by atoms with Crippen LogP contribution >= 0.6 is 0 Å². The summed E-state index contributed by atoms with van der Waals surface area (Å²) in [5.41, 5.74) is 0.492. The molecule has 2 rings (SSSR count). The van der Waals surface area contributed by atoms with Gasteiger partial charge in [0.05, 0.1) is 0 Å². The Bertz CT molecular complexity index is 213. The van der Waals surface area contributed by atoms with Gasteiger partial charge in [-0.2, -0.15) is 5.26 Å². The van der Waals surface area contributed by atoms with Crippen molar-refractivity contribution in [1.29, 1.82) is 5.26 Å². The number of hydrogen-bond donors (Lipinski definition) is 0. The second-order valence-electron chi connectivity index (χ2n) is 4.07. The van der Waals surface area contributed by atoms with Crippen molar-refractivity contribution < 1.29 is 0 Å². The Hall–Kier alpha value is -0.750. The van der Waals surface area contributed by atoms with Gasteiger partial charge < -0.3 is 9.80 Å². The van der Waals surface area contributed by atoms with Crippen LogP contribution in [0.15, 0.2) is 0 Å². The average Bonchev–Trinajstić information content (AvgIpc) is 2.62. The third-order valence-electron chi connectivity index (χ3n) is 3.16. The van der Waals surface area contributed by atoms with Crippen molar-refractivity contribution in [3.05, 3.63) is 0 Å². The first-order valence-electron chi connectivity index (χ1n) is 5.65. The standard InChI is InChI=1S/C9H15N3.C2H6/c1-2-11-4-3-9(5-11)6-12(7-9)8-10;1-2/h2-7H2,1H3;1-2H3. The van der Waals surface area contributed by atoms with Crippen LogP contribution in [0.4, 0.5) is 0 Å². The van der Waals surface area contributed by atoms with Crippen LogP contribution in [-0.4, -0.2) is 42.5 Å². The van der Waals surface area contributed by atoms with E-state index in [-0.39, 0.29) is 0 Å². The second kappa shape index (κ2) is 4.65. The molecule has 0 unspecified atom stereocenters. The third-order valence-corrected chi connectivity index (χ3v) is 3.16. The lowest BCUT2D eigenvalue weighted by molar-refractivity contribution is 0.0564. The molecule has 0 saturated carbocycles. The van der Waals surface area contributed by atoms with Gasteiger partial charge in [0, 0.05) is 25.0 Å². The van der Waals surface area contributed by atoms with Crippen molar-refractivity contribution in [1.82, 2.24) is 9.80 Å². The molecule has 2 saturated heterocycles. The zero-order chi connectivity index (χ0) is 10.6. The monoisotopic (exact) mass is 195 g/mol. The van der Waals surface area contributed by atoms with E-state index in [4.69, 9.17) is 5.26 Å². The van der Waals surface area contributed by atoms with E-state index < -0.39 is 0 Å². The predicted octanol–water partition coefficient (Wildman–Crippen LogP) is 1.52. The largest absolute Gasteiger partial charge is 0.309 e. The Kier molecular flexibility index (Phi) is 3.77. The molecule has 14 heavy (non-hydrogen) atoms. The van der Waals surface area contributed by atoms with Crippen LogP contribution in [0.1, 0.15) is 27.2 Å². The van der Waals surface area contributed by atoms with Crippen molar-refractivity contribution in [2.24, 2.45) is 5.41 Å². The molecule has 2 aliphatic heterocycles. The van der Waals surface area contributed by atoms with Gasteiger partial charge in [-0.3, -0.25) is 0 Å². The fourth-order valence-electron chi connectivity index (χ4n) is 2.39. The summed E-state index contributed by atoms with van der Waals surface area (Å²) in [6.45, 7) is 11.8. The molecule has 0 aromatic carbocycles. The minimum absolute atomic E-state index is 0.492. The molecule has 0 radical (unpaired) electrons. The molecule has 0 bridgehead atoms. The van der Waals surface area contributed by atoms with Gasteiger partial charge in [-0.25, -0.2) is 0 Å². The molecule has 0 N–H and O–H groups in total. The Labute approximate surface area is 87.3 Å². The van der Waals surface area contributed by atoms with Gasteiger partial charge in [0.2, 0.25) is 0 Å². The zero-order valence-corrected chi connectivity index (χ0v) is 9.58. The Morgan fingerprint density at radius 1 is 1.29 bits per heavy atom. The highest BCUT2D eigenvalue weighted by Gasteiger charge is 2.46. The van der Waals surface area contributed by atoms with E-state index in [0.717, 1.165) is 19.6 Å². The van der Waals surface area contributed by atoms with E-state index in [1.807, 2.05) is 18.7 Å². The van der Waals surface area contributed by atoms with Gasteiger partial charge in [0.1, 0.15) is 0 Å². The molecular weight excluding hydrogens is 174 g/mol. The minimum Gasteiger partial charge on any atom is -0.309 e. The highest BCUT2D eigenvalue weighted by molar-refractivity contribution is 5.04. The molecule has 80 valence electrons. The van der Waals surface area contributed by atoms with Crippen LogP contribution < -0.4 is 0 Å². The SMILES string of the molecule is CC.CCN1CCC2(CN(C#N)C2)C1. The van der Waals surface area contributed by atoms with Crippen LogP contribution in [0.3, 0.4) is 0 Å². The summed E-state index contributed by atoms with van der Waals surface area (Å²) >= 11 is 0. The summed E-state index contributed by atoms with van der Waals surface area (Å²) in [4.78, 5) is 4.34. The molecule has 2 heterocycles. The summed E-state index contributed by atoms with van der Waals surface area (Å²) in [5.74, 6) is 0. The van der Waals surface area contributed by atoms with Gasteiger partial charge in [-0.1, -0.05) is 20.8 Å². The number of rotatable bonds is 1. The smallest absolute Gasteiger partial charge is 0.179 e. The van der Waals surface area contributed by atoms with Crippen molar-refractivity contribution >= 4 is 0 Å². The summed E-state index contributed by atoms with van der Waals surface area (Å²) in [6, 6.07) is 0. The summed E-state index contributed by atoms with van der Waals surface area (Å²) < 4.78 is 0. The number of hydrogen-bond acceptors (Lipinski definition) is 3. The molecular formula is C11H21N3. The van der Waals surface area contributed by atoms with E-state index >= 15 is 0 Å². The average molecular weight is 195 g/mol. The Balaban J connectivity index is 0.000000461. The molecule has 0 atom stereocenters. The van der Waals surface area contributed by atoms with Gasteiger partial charge >= 0.3 is 0 Å². The fraction of sp³-hybridized carbons (Fsp3) is 0.909. The molecule has 2 aliphatic rings. The fourth-order valence-corrected chi connectivity index (χ4v) is 2.39. The van der Waals surface area contributed by atoms with E-state index in [1.165, 1.54) is 19.5 Å². The molecule has 3 heteroatoms. The first-order valence-corrected chi connectivity index (χ1v) is 5.65. The number of nitrogens with zero attached hydrogens (tertiary/aromatic N) is 3. The Morgan fingerprint density at radius 2 is 1.93 bits per heavy atom. The van der Waals surface area contributed by atoms with Crippen molar-refractivity contribution in [2.45, 2.75) is 27.2 Å². The highest BCUT2D eigenvalue weighted by atomic mass is 15.3. The second-order valence-corrected chi connectivity index (χ2v) is 4.07. The lowest BCUT2D eigenvalue weighted by Gasteiger charge is -2.44. The maximum absolute atomic E-state index is 8.62. The first-order chi connectivity index (χ1) is 6.78. The normalized spacial score (nSPS) is 23.7. The maximum atomic E-state index is 8.62. The molecule has 0 aromatic rings. The minimum atomic E-state index is 0.492. The predicted molar refractivity (Wildman–Crippen MR) is 57.7 cm³/mol. The van der Waals surface area contributed by atoms with Gasteiger partial charge in [-0.15, -0.1) is 0 Å². The highest BCUT2D eigenvalue weighted by Crippen LogP contribution is 2.38. The quantitative estimate of drug-likeness (QED) is 0.594. The molecule has 3 nitrogen and oxygen atoms in total. The topological polar surface area (TPSA) is 30.3 Å². The Morgan fingerprint density at radius 3 is 2.36 bits per heavy atom. The maximum Gasteiger partial charge on any atom is 0.179 e. The summed E-state index contributed by atoms with van der Waals surface area (Å²) in [5, 5.41) is 8.62. The van der Waals surface area contributed by atoms with Gasteiger partial charge in [0.25, 0.3) is 0 Å². The number of likely N-dealkylation sites (tertiary alicyclic amines) is 2. The zero-order valence-electron chi connectivity index (χ0n) is 9.58. The van der Waals surface area contributed by atoms with E-state index in [9.17, 15) is 0 Å². The van der Waals surface area contributed by atoms with Crippen LogP contribution in [-0.2, 0) is 0 Å². The van der Waals surface area contributed by atoms with Crippen LogP contribution in [0.2, 0.25) is 0 Å². The molecule has 1 spiro atoms. The summed E-state index contributed by atoms with van der Waals surface area (Å²) in [7, 11) is 0. The van der Waals surface area contributed by atoms with Crippen LogP contribution in [0, 0.1) is 16.9 Å². The third kappa shape index (κ3) is 2.01. The van der Waals surface area contributed by atoms with E-state index in [2.05, 4.69) is 18.0 Å². The molecule has 0 amide bonds.